The Balaban J connectivity index is 0.000000292. The Hall–Kier alpha value is -3.98. The summed E-state index contributed by atoms with van der Waals surface area (Å²) in [6, 6.07) is 18.5. The number of esters is 3. The van der Waals surface area contributed by atoms with Gasteiger partial charge < -0.3 is 44.4 Å². The first kappa shape index (κ1) is 33.1. The molecule has 0 heterocycles. The van der Waals surface area contributed by atoms with Gasteiger partial charge >= 0.3 is 39.3 Å². The molecule has 0 bridgehead atoms. The van der Waals surface area contributed by atoms with E-state index >= 15 is 0 Å². The second kappa shape index (κ2) is 16.8. The summed E-state index contributed by atoms with van der Waals surface area (Å²) >= 11 is 0. The van der Waals surface area contributed by atoms with Crippen LogP contribution in [0.5, 0.6) is 0 Å². The van der Waals surface area contributed by atoms with E-state index in [1.54, 1.807) is 36.4 Å². The first-order chi connectivity index (χ1) is 18.5. The van der Waals surface area contributed by atoms with Crippen molar-refractivity contribution in [2.75, 3.05) is 21.3 Å². The molecule has 0 spiro atoms. The van der Waals surface area contributed by atoms with Crippen molar-refractivity contribution in [3.8, 4) is 0 Å². The van der Waals surface area contributed by atoms with E-state index in [2.05, 4.69) is 14.2 Å². The van der Waals surface area contributed by atoms with Gasteiger partial charge in [-0.15, -0.1) is 0 Å². The van der Waals surface area contributed by atoms with Crippen LogP contribution >= 0.6 is 0 Å². The molecule has 0 aliphatic rings. The lowest BCUT2D eigenvalue weighted by Crippen LogP contribution is -2.34. The first-order valence-corrected chi connectivity index (χ1v) is 11.1. The summed E-state index contributed by atoms with van der Waals surface area (Å²) in [6.07, 6.45) is 0. The lowest BCUT2D eigenvalue weighted by molar-refractivity contribution is 0.0593. The van der Waals surface area contributed by atoms with E-state index in [1.807, 2.05) is 0 Å². The molecule has 0 unspecified atom stereocenters. The van der Waals surface area contributed by atoms with Crippen molar-refractivity contribution >= 4 is 55.7 Å². The molecular formula is C24H27B3O12. The molecule has 0 fully saturated rings. The van der Waals surface area contributed by atoms with Gasteiger partial charge in [-0.05, 0) is 34.6 Å². The third kappa shape index (κ3) is 10.0. The Labute approximate surface area is 225 Å². The zero-order valence-corrected chi connectivity index (χ0v) is 21.3. The molecular weight excluding hydrogens is 513 g/mol. The standard InChI is InChI=1S/3C8H9BO4/c3*1-13-8(10)6-4-2-3-5-7(6)9(11)12/h3*2-5,11-12H,1H3. The smallest absolute Gasteiger partial charge is 0.465 e. The lowest BCUT2D eigenvalue weighted by atomic mass is 9.77. The molecule has 15 heteroatoms. The van der Waals surface area contributed by atoms with Gasteiger partial charge in [0, 0.05) is 0 Å². The largest absolute Gasteiger partial charge is 0.489 e. The molecule has 3 rings (SSSR count). The first-order valence-electron chi connectivity index (χ1n) is 11.1. The fraction of sp³-hybridized carbons (Fsp3) is 0.125. The van der Waals surface area contributed by atoms with Crippen LogP contribution in [0.4, 0.5) is 0 Å². The van der Waals surface area contributed by atoms with E-state index in [1.165, 1.54) is 57.7 Å². The molecule has 0 radical (unpaired) electrons. The average molecular weight is 540 g/mol. The maximum Gasteiger partial charge on any atom is 0.489 e. The van der Waals surface area contributed by atoms with Crippen LogP contribution in [0.15, 0.2) is 72.8 Å². The summed E-state index contributed by atoms with van der Waals surface area (Å²) in [4.78, 5) is 33.3. The zero-order chi connectivity index (χ0) is 29.5. The minimum absolute atomic E-state index is 0.148. The van der Waals surface area contributed by atoms with Crippen molar-refractivity contribution in [3.63, 3.8) is 0 Å². The topological polar surface area (TPSA) is 200 Å². The molecule has 0 amide bonds. The number of carbonyl (C=O) groups is 3. The third-order valence-electron chi connectivity index (χ3n) is 4.93. The van der Waals surface area contributed by atoms with Gasteiger partial charge in [0.25, 0.3) is 0 Å². The fourth-order valence-electron chi connectivity index (χ4n) is 3.05. The molecule has 12 nitrogen and oxygen atoms in total. The van der Waals surface area contributed by atoms with E-state index in [0.717, 1.165) is 0 Å². The van der Waals surface area contributed by atoms with Crippen LogP contribution < -0.4 is 16.4 Å². The van der Waals surface area contributed by atoms with Crippen molar-refractivity contribution in [2.45, 2.75) is 0 Å². The summed E-state index contributed by atoms with van der Waals surface area (Å²) < 4.78 is 13.4. The van der Waals surface area contributed by atoms with Gasteiger partial charge in [-0.3, -0.25) is 0 Å². The predicted octanol–water partition coefficient (Wildman–Crippen LogP) is -2.54. The van der Waals surface area contributed by atoms with Crippen LogP contribution in [-0.4, -0.2) is 90.7 Å². The Kier molecular flexibility index (Phi) is 14.2. The minimum atomic E-state index is -1.66. The fourth-order valence-corrected chi connectivity index (χ4v) is 3.05. The third-order valence-corrected chi connectivity index (χ3v) is 4.93. The molecule has 0 saturated carbocycles. The van der Waals surface area contributed by atoms with E-state index in [0.29, 0.717) is 0 Å². The summed E-state index contributed by atoms with van der Waals surface area (Å²) in [7, 11) is -1.25. The number of ether oxygens (including phenoxy) is 3. The number of benzene rings is 3. The van der Waals surface area contributed by atoms with Crippen molar-refractivity contribution in [1.29, 1.82) is 0 Å². The Morgan fingerprint density at radius 1 is 0.462 bits per heavy atom. The molecule has 0 atom stereocenters. The van der Waals surface area contributed by atoms with Crippen LogP contribution in [0.2, 0.25) is 0 Å². The van der Waals surface area contributed by atoms with Gasteiger partial charge in [0.2, 0.25) is 0 Å². The summed E-state index contributed by atoms with van der Waals surface area (Å²) in [5, 5.41) is 53.4. The number of hydrogen-bond donors (Lipinski definition) is 6. The van der Waals surface area contributed by atoms with Gasteiger partial charge in [0.15, 0.2) is 0 Å². The highest BCUT2D eigenvalue weighted by Gasteiger charge is 2.21. The molecule has 6 N–H and O–H groups in total. The summed E-state index contributed by atoms with van der Waals surface area (Å²) in [5.41, 5.74) is 0.943. The van der Waals surface area contributed by atoms with Gasteiger partial charge in [-0.1, -0.05) is 54.6 Å². The van der Waals surface area contributed by atoms with Gasteiger partial charge in [0.1, 0.15) is 0 Å². The molecule has 0 saturated heterocycles. The van der Waals surface area contributed by atoms with Gasteiger partial charge in [0.05, 0.1) is 38.0 Å². The Morgan fingerprint density at radius 2 is 0.667 bits per heavy atom. The highest BCUT2D eigenvalue weighted by atomic mass is 16.5. The number of hydrogen-bond acceptors (Lipinski definition) is 12. The van der Waals surface area contributed by atoms with Crippen LogP contribution in [0, 0.1) is 0 Å². The molecule has 3 aromatic carbocycles. The second-order valence-corrected chi connectivity index (χ2v) is 7.36. The van der Waals surface area contributed by atoms with E-state index in [-0.39, 0.29) is 33.1 Å². The maximum absolute atomic E-state index is 11.1. The van der Waals surface area contributed by atoms with Crippen LogP contribution in [-0.2, 0) is 14.2 Å². The van der Waals surface area contributed by atoms with Crippen molar-refractivity contribution in [2.24, 2.45) is 0 Å². The maximum atomic E-state index is 11.1. The highest BCUT2D eigenvalue weighted by molar-refractivity contribution is 6.61. The van der Waals surface area contributed by atoms with Crippen LogP contribution in [0.25, 0.3) is 0 Å². The minimum Gasteiger partial charge on any atom is -0.465 e. The molecule has 0 aliphatic carbocycles. The van der Waals surface area contributed by atoms with E-state index < -0.39 is 39.3 Å². The number of carbonyl (C=O) groups excluding carboxylic acids is 3. The lowest BCUT2D eigenvalue weighted by Gasteiger charge is -2.05. The van der Waals surface area contributed by atoms with Gasteiger partial charge in [-0.25, -0.2) is 14.4 Å². The monoisotopic (exact) mass is 540 g/mol. The number of rotatable bonds is 6. The van der Waals surface area contributed by atoms with Crippen LogP contribution in [0.3, 0.4) is 0 Å². The SMILES string of the molecule is COC(=O)c1ccccc1B(O)O.COC(=O)c1ccccc1B(O)O.COC(=O)c1ccccc1B(O)O. The molecule has 0 aliphatic heterocycles. The summed E-state index contributed by atoms with van der Waals surface area (Å²) in [5.74, 6) is -1.74. The highest BCUT2D eigenvalue weighted by Crippen LogP contribution is 2.00. The van der Waals surface area contributed by atoms with E-state index in [4.69, 9.17) is 30.1 Å². The quantitative estimate of drug-likeness (QED) is 0.109. The number of methoxy groups -OCH3 is 3. The Bertz CT molecular complexity index is 1080. The normalized spacial score (nSPS) is 9.46. The predicted molar refractivity (Wildman–Crippen MR) is 143 cm³/mol. The second-order valence-electron chi connectivity index (χ2n) is 7.36. The molecule has 39 heavy (non-hydrogen) atoms. The molecule has 0 aromatic heterocycles. The van der Waals surface area contributed by atoms with Gasteiger partial charge in [-0.2, -0.15) is 0 Å². The summed E-state index contributed by atoms with van der Waals surface area (Å²) in [6.45, 7) is 0. The van der Waals surface area contributed by atoms with E-state index in [9.17, 15) is 14.4 Å². The average Bonchev–Trinajstić information content (AvgIpc) is 2.96. The zero-order valence-electron chi connectivity index (χ0n) is 21.3. The molecule has 3 aromatic rings. The molecule has 204 valence electrons. The Morgan fingerprint density at radius 3 is 0.846 bits per heavy atom. The van der Waals surface area contributed by atoms with Crippen molar-refractivity contribution in [3.05, 3.63) is 89.5 Å². The van der Waals surface area contributed by atoms with Crippen LogP contribution in [0.1, 0.15) is 31.1 Å². The van der Waals surface area contributed by atoms with Crippen molar-refractivity contribution < 1.29 is 58.7 Å². The van der Waals surface area contributed by atoms with Crippen molar-refractivity contribution in [1.82, 2.24) is 0 Å².